The Labute approximate surface area is 155 Å². The molecule has 4 heteroatoms. The van der Waals surface area contributed by atoms with Crippen molar-refractivity contribution in [3.05, 3.63) is 29.3 Å². The van der Waals surface area contributed by atoms with E-state index in [2.05, 4.69) is 17.6 Å². The summed E-state index contributed by atoms with van der Waals surface area (Å²) in [6.45, 7) is 2.30. The minimum atomic E-state index is 0.476. The van der Waals surface area contributed by atoms with Crippen molar-refractivity contribution < 1.29 is 0 Å². The van der Waals surface area contributed by atoms with Crippen LogP contribution >= 0.6 is 23.8 Å². The van der Waals surface area contributed by atoms with Gasteiger partial charge in [-0.2, -0.15) is 0 Å². The summed E-state index contributed by atoms with van der Waals surface area (Å²) in [5.41, 5.74) is 1.43. The van der Waals surface area contributed by atoms with Crippen molar-refractivity contribution in [2.75, 3.05) is 5.32 Å². The number of halogens is 1. The SMILES string of the molecule is CCC(NC(=S)Nc1cccc(Cl)c1)C12CC3CC(CC(C3)C1)C2. The van der Waals surface area contributed by atoms with Crippen molar-refractivity contribution >= 4 is 34.6 Å². The quantitative estimate of drug-likeness (QED) is 0.679. The summed E-state index contributed by atoms with van der Waals surface area (Å²) < 4.78 is 0. The molecule has 0 heterocycles. The van der Waals surface area contributed by atoms with Crippen molar-refractivity contribution in [2.45, 2.75) is 57.9 Å². The van der Waals surface area contributed by atoms with Gasteiger partial charge in [0.15, 0.2) is 5.11 Å². The van der Waals surface area contributed by atoms with Gasteiger partial charge >= 0.3 is 0 Å². The third-order valence-corrected chi connectivity index (χ3v) is 7.08. The molecule has 4 saturated carbocycles. The summed E-state index contributed by atoms with van der Waals surface area (Å²) in [7, 11) is 0. The van der Waals surface area contributed by atoms with E-state index in [9.17, 15) is 0 Å². The number of anilines is 1. The molecule has 0 radical (unpaired) electrons. The van der Waals surface area contributed by atoms with Gasteiger partial charge in [-0.25, -0.2) is 0 Å². The molecule has 130 valence electrons. The van der Waals surface area contributed by atoms with Crippen LogP contribution in [0.2, 0.25) is 5.02 Å². The fraction of sp³-hybridized carbons (Fsp3) is 0.650. The van der Waals surface area contributed by atoms with E-state index in [1.165, 1.54) is 38.5 Å². The number of benzene rings is 1. The zero-order valence-electron chi connectivity index (χ0n) is 14.4. The van der Waals surface area contributed by atoms with Gasteiger partial charge in [-0.3, -0.25) is 0 Å². The zero-order chi connectivity index (χ0) is 16.7. The molecular formula is C20H27ClN2S. The molecular weight excluding hydrogens is 336 g/mol. The van der Waals surface area contributed by atoms with Crippen LogP contribution in [0, 0.1) is 23.2 Å². The van der Waals surface area contributed by atoms with Crippen molar-refractivity contribution in [3.8, 4) is 0 Å². The number of nitrogens with one attached hydrogen (secondary N) is 2. The first kappa shape index (κ1) is 16.7. The number of rotatable bonds is 4. The Morgan fingerprint density at radius 1 is 1.21 bits per heavy atom. The summed E-state index contributed by atoms with van der Waals surface area (Å²) in [5.74, 6) is 2.92. The maximum Gasteiger partial charge on any atom is 0.171 e. The first-order chi connectivity index (χ1) is 11.6. The molecule has 1 aromatic carbocycles. The standard InChI is InChI=1S/C20H27ClN2S/c1-2-18(23-19(24)22-17-5-3-4-16(21)9-17)20-10-13-6-14(11-20)8-15(7-13)12-20/h3-5,9,13-15,18H,2,6-8,10-12H2,1H3,(H2,22,23,24). The summed E-state index contributed by atoms with van der Waals surface area (Å²) in [5, 5.41) is 8.45. The lowest BCUT2D eigenvalue weighted by atomic mass is 9.47. The Hall–Kier alpha value is -0.800. The maximum absolute atomic E-state index is 6.07. The first-order valence-corrected chi connectivity index (χ1v) is 10.2. The van der Waals surface area contributed by atoms with Crippen molar-refractivity contribution in [1.29, 1.82) is 0 Å². The van der Waals surface area contributed by atoms with Gasteiger partial charge in [0.05, 0.1) is 0 Å². The van der Waals surface area contributed by atoms with Gasteiger partial charge in [0.25, 0.3) is 0 Å². The van der Waals surface area contributed by atoms with Gasteiger partial charge in [0.1, 0.15) is 0 Å². The Kier molecular flexibility index (Phi) is 4.51. The molecule has 0 amide bonds. The van der Waals surface area contributed by atoms with E-state index in [0.29, 0.717) is 11.5 Å². The summed E-state index contributed by atoms with van der Waals surface area (Å²) >= 11 is 11.7. The van der Waals surface area contributed by atoms with Crippen LogP contribution in [-0.4, -0.2) is 11.2 Å². The van der Waals surface area contributed by atoms with E-state index in [1.807, 2.05) is 24.3 Å². The molecule has 1 unspecified atom stereocenters. The Balaban J connectivity index is 1.45. The smallest absolute Gasteiger partial charge is 0.171 e. The largest absolute Gasteiger partial charge is 0.359 e. The van der Waals surface area contributed by atoms with E-state index in [0.717, 1.165) is 40.0 Å². The third-order valence-electron chi connectivity index (χ3n) is 6.62. The lowest BCUT2D eigenvalue weighted by molar-refractivity contribution is -0.0709. The van der Waals surface area contributed by atoms with Crippen LogP contribution in [0.25, 0.3) is 0 Å². The zero-order valence-corrected chi connectivity index (χ0v) is 15.9. The average Bonchev–Trinajstić information content (AvgIpc) is 2.51. The highest BCUT2D eigenvalue weighted by Gasteiger charge is 2.53. The van der Waals surface area contributed by atoms with E-state index in [4.69, 9.17) is 23.8 Å². The van der Waals surface area contributed by atoms with Crippen molar-refractivity contribution in [2.24, 2.45) is 23.2 Å². The van der Waals surface area contributed by atoms with Crippen LogP contribution in [0.4, 0.5) is 5.69 Å². The summed E-state index contributed by atoms with van der Waals surface area (Å²) in [4.78, 5) is 0. The predicted molar refractivity (Wildman–Crippen MR) is 105 cm³/mol. The van der Waals surface area contributed by atoms with Crippen LogP contribution in [0.1, 0.15) is 51.9 Å². The van der Waals surface area contributed by atoms with E-state index in [-0.39, 0.29) is 0 Å². The lowest BCUT2D eigenvalue weighted by Crippen LogP contribution is -2.57. The highest BCUT2D eigenvalue weighted by molar-refractivity contribution is 7.80. The van der Waals surface area contributed by atoms with E-state index in [1.54, 1.807) is 0 Å². The molecule has 2 nitrogen and oxygen atoms in total. The number of thiocarbonyl (C=S) groups is 1. The second kappa shape index (κ2) is 6.49. The summed E-state index contributed by atoms with van der Waals surface area (Å²) in [6, 6.07) is 8.24. The van der Waals surface area contributed by atoms with E-state index >= 15 is 0 Å². The molecule has 24 heavy (non-hydrogen) atoms. The van der Waals surface area contributed by atoms with Crippen molar-refractivity contribution in [3.63, 3.8) is 0 Å². The highest BCUT2D eigenvalue weighted by atomic mass is 35.5. The lowest BCUT2D eigenvalue weighted by Gasteiger charge is -2.59. The third kappa shape index (κ3) is 3.17. The van der Waals surface area contributed by atoms with Crippen LogP contribution < -0.4 is 10.6 Å². The van der Waals surface area contributed by atoms with E-state index < -0.39 is 0 Å². The molecule has 5 rings (SSSR count). The fourth-order valence-corrected chi connectivity index (χ4v) is 6.63. The molecule has 1 atom stereocenters. The molecule has 0 saturated heterocycles. The fourth-order valence-electron chi connectivity index (χ4n) is 6.18. The topological polar surface area (TPSA) is 24.1 Å². The van der Waals surface area contributed by atoms with Gasteiger partial charge in [-0.05, 0) is 98.5 Å². The van der Waals surface area contributed by atoms with Crippen LogP contribution in [0.15, 0.2) is 24.3 Å². The van der Waals surface area contributed by atoms with Gasteiger partial charge in [0, 0.05) is 16.8 Å². The molecule has 4 aliphatic rings. The Morgan fingerprint density at radius 2 is 1.83 bits per heavy atom. The second-order valence-electron chi connectivity index (χ2n) is 8.35. The van der Waals surface area contributed by atoms with Gasteiger partial charge < -0.3 is 10.6 Å². The molecule has 0 aliphatic heterocycles. The van der Waals surface area contributed by atoms with Gasteiger partial charge in [-0.15, -0.1) is 0 Å². The van der Waals surface area contributed by atoms with Crippen LogP contribution in [0.3, 0.4) is 0 Å². The molecule has 4 aliphatic carbocycles. The number of hydrogen-bond donors (Lipinski definition) is 2. The average molecular weight is 363 g/mol. The van der Waals surface area contributed by atoms with Gasteiger partial charge in [-0.1, -0.05) is 24.6 Å². The molecule has 0 spiro atoms. The Morgan fingerprint density at radius 3 is 2.38 bits per heavy atom. The highest BCUT2D eigenvalue weighted by Crippen LogP contribution is 2.61. The minimum absolute atomic E-state index is 0.476. The number of hydrogen-bond acceptors (Lipinski definition) is 1. The molecule has 0 aromatic heterocycles. The molecule has 2 N–H and O–H groups in total. The summed E-state index contributed by atoms with van der Waals surface area (Å²) in [6.07, 6.45) is 9.82. The maximum atomic E-state index is 6.07. The van der Waals surface area contributed by atoms with Crippen LogP contribution in [0.5, 0.6) is 0 Å². The van der Waals surface area contributed by atoms with Crippen molar-refractivity contribution in [1.82, 2.24) is 5.32 Å². The van der Waals surface area contributed by atoms with Gasteiger partial charge in [0.2, 0.25) is 0 Å². The second-order valence-corrected chi connectivity index (χ2v) is 9.19. The van der Waals surface area contributed by atoms with Crippen LogP contribution in [-0.2, 0) is 0 Å². The molecule has 1 aromatic rings. The molecule has 4 fully saturated rings. The Bertz CT molecular complexity index is 595. The monoisotopic (exact) mass is 362 g/mol. The normalized spacial score (nSPS) is 34.8. The predicted octanol–water partition coefficient (Wildman–Crippen LogP) is 5.62. The first-order valence-electron chi connectivity index (χ1n) is 9.39. The molecule has 4 bridgehead atoms. The minimum Gasteiger partial charge on any atom is -0.359 e.